The third kappa shape index (κ3) is 19.9. The Balaban J connectivity index is 0.000000149. The number of ether oxygens (including phenoxy) is 2. The van der Waals surface area contributed by atoms with Crippen molar-refractivity contribution in [3.63, 3.8) is 0 Å². The molecular formula is C95H121Cl2N21O7S. The number of nitrogens with one attached hydrogen (secondary N) is 3. The molecule has 2 amide bonds. The molecule has 126 heavy (non-hydrogen) atoms. The summed E-state index contributed by atoms with van der Waals surface area (Å²) in [5, 5.41) is 12.5. The maximum atomic E-state index is 13.5. The van der Waals surface area contributed by atoms with Crippen molar-refractivity contribution >= 4 is 111 Å². The van der Waals surface area contributed by atoms with Gasteiger partial charge in [-0.1, -0.05) is 134 Å². The lowest BCUT2D eigenvalue weighted by Gasteiger charge is -2.40. The summed E-state index contributed by atoms with van der Waals surface area (Å²) in [6.07, 6.45) is 17.6. The monoisotopic (exact) mass is 1770 g/mol. The molecule has 3 fully saturated rings. The van der Waals surface area contributed by atoms with Crippen LogP contribution in [0.2, 0.25) is 0 Å². The molecule has 3 saturated carbocycles. The summed E-state index contributed by atoms with van der Waals surface area (Å²) >= 11 is 1.47. The van der Waals surface area contributed by atoms with E-state index in [1.807, 2.05) is 131 Å². The zero-order valence-electron chi connectivity index (χ0n) is 76.6. The highest BCUT2D eigenvalue weighted by Crippen LogP contribution is 2.43. The molecule has 12 aromatic rings. The molecule has 18 rings (SSSR count). The standard InChI is InChI=1S/C33H41N7O3.C28H33N7O.C18H21N5OS.C16H24N2O2.2ClH/c1-31(2,3)26-16-23(13-14-34-26)39-27-24(28(41)40(39)22-10-11-22)17-35-29(37-27)36-21-9-12-25-20(15-21)18-38(19-33(25,7)8)30(42)43-32(4,5)6;1-27(2,3)23-13-20(10-11-30-23)34-24-21(25(36)35(34)19-7-8-19)15-31-26(33-24)32-18-6-9-22-17(12-18)14-29-16-28(22,4)5;1-18(2,3)14-9-12(7-8-19-14)22-15-13(10-20-17(21-15)25-4)16(24)23(22)11-5-6-11;1-15(2,3)20-14(19)18-9-11-8-12(17)6-7-13(11)16(4,5)10-18;;/h9,12-17,22H,10-11,18-19H2,1-8H3,(H,35,36,37);6,9-13,15,19,29H,7-8,14,16H2,1-5H3,(H,31,32,33);7-11H,5-6H2,1-4H3;6-8H,9-10,17H2,1-5H3;2*1H. The molecule has 0 spiro atoms. The quantitative estimate of drug-likeness (QED) is 0.0531. The van der Waals surface area contributed by atoms with Crippen molar-refractivity contribution in [3.05, 3.63) is 210 Å². The Morgan fingerprint density at radius 2 is 0.802 bits per heavy atom. The third-order valence-electron chi connectivity index (χ3n) is 23.1. The van der Waals surface area contributed by atoms with Gasteiger partial charge in [0.2, 0.25) is 11.9 Å². The van der Waals surface area contributed by atoms with Crippen LogP contribution in [0.5, 0.6) is 0 Å². The molecule has 0 atom stereocenters. The zero-order valence-corrected chi connectivity index (χ0v) is 79.1. The molecule has 12 heterocycles. The number of nitrogens with zero attached hydrogens (tertiary/aromatic N) is 17. The lowest BCUT2D eigenvalue weighted by atomic mass is 9.78. The molecule has 3 aliphatic carbocycles. The number of nitrogens with two attached hydrogens (primary N) is 1. The zero-order chi connectivity index (χ0) is 89.0. The number of rotatable bonds is 11. The van der Waals surface area contributed by atoms with Crippen LogP contribution in [0.25, 0.3) is 50.2 Å². The van der Waals surface area contributed by atoms with Crippen LogP contribution in [0, 0.1) is 0 Å². The molecule has 28 nitrogen and oxygen atoms in total. The van der Waals surface area contributed by atoms with Crippen LogP contribution in [-0.2, 0) is 61.6 Å². The van der Waals surface area contributed by atoms with E-state index in [1.54, 1.807) is 40.8 Å². The number of fused-ring (bicyclic) bond motifs is 6. The van der Waals surface area contributed by atoms with E-state index in [2.05, 4.69) is 197 Å². The number of halogens is 2. The molecule has 9 aromatic heterocycles. The van der Waals surface area contributed by atoms with Crippen molar-refractivity contribution in [3.8, 4) is 17.1 Å². The molecule has 3 aromatic carbocycles. The molecule has 0 saturated heterocycles. The average Bonchev–Trinajstić information content (AvgIpc) is 1.60. The van der Waals surface area contributed by atoms with Gasteiger partial charge >= 0.3 is 12.2 Å². The van der Waals surface area contributed by atoms with E-state index in [0.29, 0.717) is 76.3 Å². The van der Waals surface area contributed by atoms with Crippen LogP contribution in [-0.4, -0.2) is 132 Å². The minimum absolute atomic E-state index is 0. The maximum absolute atomic E-state index is 13.5. The number of carbonyl (C=O) groups excluding carboxylic acids is 2. The summed E-state index contributed by atoms with van der Waals surface area (Å²) < 4.78 is 22.5. The van der Waals surface area contributed by atoms with Crippen LogP contribution in [0.1, 0.15) is 253 Å². The van der Waals surface area contributed by atoms with E-state index in [-0.39, 0.29) is 104 Å². The SMILES string of the molecule is CC(C)(C)OC(=O)N1Cc2cc(N)ccc2C(C)(C)C1.CC(C)(C)OC(=O)N1Cc2cc(Nc3ncc4c(=O)n(C5CC5)n(-c5ccnc(C(C)(C)C)c5)c4n3)ccc2C(C)(C)C1.CC(C)(C)c1cc(-n2c3nc(Nc4ccc5c(c4)CNCC5(C)C)ncc3c(=O)n2C2CC2)ccn1.CSc1ncc2c(=O)n(C3CC3)n(-c3ccnc(C(C)(C)C)c3)c2n1.Cl.Cl. The van der Waals surface area contributed by atoms with Gasteiger partial charge in [-0.3, -0.25) is 29.3 Å². The van der Waals surface area contributed by atoms with Gasteiger partial charge in [-0.2, -0.15) is 9.97 Å². The van der Waals surface area contributed by atoms with Crippen LogP contribution >= 0.6 is 36.6 Å². The fourth-order valence-corrected chi connectivity index (χ4v) is 16.9. The van der Waals surface area contributed by atoms with E-state index in [1.165, 1.54) is 34.0 Å². The van der Waals surface area contributed by atoms with E-state index in [9.17, 15) is 24.0 Å². The number of nitrogen functional groups attached to an aromatic ring is 1. The highest BCUT2D eigenvalue weighted by molar-refractivity contribution is 7.98. The Bertz CT molecular complexity index is 6330. The van der Waals surface area contributed by atoms with Crippen molar-refractivity contribution < 1.29 is 19.1 Å². The highest BCUT2D eigenvalue weighted by atomic mass is 35.5. The fourth-order valence-electron chi connectivity index (χ4n) is 16.5. The number of pyridine rings is 3. The van der Waals surface area contributed by atoms with Gasteiger partial charge in [0, 0.05) is 143 Å². The third-order valence-corrected chi connectivity index (χ3v) is 23.7. The minimum Gasteiger partial charge on any atom is -0.444 e. The number of hydrogen-bond acceptors (Lipinski definition) is 21. The number of aromatic nitrogens is 15. The second-order valence-electron chi connectivity index (χ2n) is 40.8. The first-order valence-corrected chi connectivity index (χ1v) is 44.3. The van der Waals surface area contributed by atoms with Crippen LogP contribution < -0.4 is 38.4 Å². The number of carbonyl (C=O) groups is 2. The Kier molecular flexibility index (Phi) is 25.5. The van der Waals surface area contributed by atoms with E-state index in [4.69, 9.17) is 25.2 Å². The number of benzene rings is 3. The Labute approximate surface area is 752 Å². The van der Waals surface area contributed by atoms with Gasteiger partial charge in [0.25, 0.3) is 16.7 Å². The van der Waals surface area contributed by atoms with Crippen molar-refractivity contribution in [2.24, 2.45) is 0 Å². The molecule has 668 valence electrons. The topological polar surface area (TPSA) is 318 Å². The largest absolute Gasteiger partial charge is 0.444 e. The first-order chi connectivity index (χ1) is 58.2. The smallest absolute Gasteiger partial charge is 0.410 e. The molecule has 6 aliphatic rings. The lowest BCUT2D eigenvalue weighted by Crippen LogP contribution is -2.46. The average molecular weight is 1770 g/mol. The van der Waals surface area contributed by atoms with Crippen LogP contribution in [0.3, 0.4) is 0 Å². The first-order valence-electron chi connectivity index (χ1n) is 43.0. The normalized spacial score (nSPS) is 16.4. The summed E-state index contributed by atoms with van der Waals surface area (Å²) in [5.41, 5.74) is 21.2. The summed E-state index contributed by atoms with van der Waals surface area (Å²) in [5.74, 6) is 0.857. The number of thioether (sulfide) groups is 1. The number of anilines is 5. The molecule has 0 radical (unpaired) electrons. The van der Waals surface area contributed by atoms with Crippen LogP contribution in [0.4, 0.5) is 38.5 Å². The molecule has 0 bridgehead atoms. The van der Waals surface area contributed by atoms with Crippen molar-refractivity contribution in [2.75, 3.05) is 42.3 Å². The molecular weight excluding hydrogens is 1650 g/mol. The summed E-state index contributed by atoms with van der Waals surface area (Å²) in [6.45, 7) is 47.6. The van der Waals surface area contributed by atoms with Gasteiger partial charge in [0.1, 0.15) is 27.4 Å². The molecule has 5 N–H and O–H groups in total. The van der Waals surface area contributed by atoms with E-state index >= 15 is 0 Å². The van der Waals surface area contributed by atoms with Gasteiger partial charge in [-0.05, 0) is 193 Å². The van der Waals surface area contributed by atoms with Crippen molar-refractivity contribution in [1.82, 2.24) is 88.1 Å². The van der Waals surface area contributed by atoms with Gasteiger partial charge in [-0.25, -0.2) is 57.6 Å². The molecule has 3 aliphatic heterocycles. The molecule has 31 heteroatoms. The second-order valence-corrected chi connectivity index (χ2v) is 41.6. The van der Waals surface area contributed by atoms with Crippen LogP contribution in [0.15, 0.2) is 148 Å². The predicted octanol–water partition coefficient (Wildman–Crippen LogP) is 18.6. The second kappa shape index (κ2) is 34.6. The minimum atomic E-state index is -0.565. The summed E-state index contributed by atoms with van der Waals surface area (Å²) in [6, 6.07) is 31.1. The van der Waals surface area contributed by atoms with Gasteiger partial charge < -0.3 is 41.0 Å². The van der Waals surface area contributed by atoms with Gasteiger partial charge in [-0.15, -0.1) is 24.8 Å². The summed E-state index contributed by atoms with van der Waals surface area (Å²) in [4.78, 5) is 110. The number of hydrogen-bond donors (Lipinski definition) is 4. The van der Waals surface area contributed by atoms with Gasteiger partial charge in [0.15, 0.2) is 22.1 Å². The lowest BCUT2D eigenvalue weighted by molar-refractivity contribution is 0.0165. The Morgan fingerprint density at radius 1 is 0.452 bits per heavy atom. The molecule has 0 unspecified atom stereocenters. The van der Waals surface area contributed by atoms with Crippen molar-refractivity contribution in [2.45, 2.75) is 271 Å². The number of amides is 2. The van der Waals surface area contributed by atoms with Crippen molar-refractivity contribution in [1.29, 1.82) is 0 Å². The van der Waals surface area contributed by atoms with E-state index in [0.717, 1.165) is 114 Å². The maximum Gasteiger partial charge on any atom is 0.410 e. The first kappa shape index (κ1) is 92.7. The fraction of sp³-hybridized carbons (Fsp3) is 0.474. The Hall–Kier alpha value is -11.0. The van der Waals surface area contributed by atoms with E-state index < -0.39 is 11.2 Å². The summed E-state index contributed by atoms with van der Waals surface area (Å²) in [7, 11) is 0. The Morgan fingerprint density at radius 3 is 1.17 bits per heavy atom. The highest BCUT2D eigenvalue weighted by Gasteiger charge is 2.40. The predicted molar refractivity (Wildman–Crippen MR) is 504 cm³/mol. The van der Waals surface area contributed by atoms with Gasteiger partial charge in [0.05, 0.1) is 35.2 Å².